The number of benzene rings is 1. The molecule has 2 heterocycles. The molecule has 0 radical (unpaired) electrons. The summed E-state index contributed by atoms with van der Waals surface area (Å²) in [6.07, 6.45) is 10.6. The Labute approximate surface area is 187 Å². The van der Waals surface area contributed by atoms with E-state index < -0.39 is 6.29 Å². The molecule has 6 N–H and O–H groups in total. The molecule has 0 bridgehead atoms. The molecule has 1 aromatic rings. The van der Waals surface area contributed by atoms with Gasteiger partial charge in [-0.2, -0.15) is 0 Å². The molecule has 0 amide bonds. The summed E-state index contributed by atoms with van der Waals surface area (Å²) in [5, 5.41) is 26.7. The van der Waals surface area contributed by atoms with E-state index in [2.05, 4.69) is 34.3 Å². The summed E-state index contributed by atoms with van der Waals surface area (Å²) in [6.45, 7) is 2.07. The van der Waals surface area contributed by atoms with E-state index in [9.17, 15) is 10.2 Å². The van der Waals surface area contributed by atoms with E-state index in [4.69, 9.17) is 5.73 Å². The van der Waals surface area contributed by atoms with Gasteiger partial charge in [0.2, 0.25) is 0 Å². The molecular formula is C24H27IN3O2-. The predicted molar refractivity (Wildman–Crippen MR) is 115 cm³/mol. The van der Waals surface area contributed by atoms with Crippen LogP contribution >= 0.6 is 0 Å². The average Bonchev–Trinajstić information content (AvgIpc) is 3.24. The van der Waals surface area contributed by atoms with Crippen molar-refractivity contribution >= 4 is 5.70 Å². The maximum absolute atomic E-state index is 10.0. The van der Waals surface area contributed by atoms with Gasteiger partial charge in [-0.05, 0) is 13.3 Å². The molecular weight excluding hydrogens is 489 g/mol. The van der Waals surface area contributed by atoms with Crippen molar-refractivity contribution in [3.8, 4) is 0 Å². The Hall–Kier alpha value is -2.25. The number of aliphatic hydroxyl groups is 2. The first-order valence-corrected chi connectivity index (χ1v) is 13.4. The van der Waals surface area contributed by atoms with Crippen molar-refractivity contribution in [1.82, 2.24) is 10.6 Å². The summed E-state index contributed by atoms with van der Waals surface area (Å²) in [5.41, 5.74) is 16.9. The summed E-state index contributed by atoms with van der Waals surface area (Å²) in [4.78, 5) is 2.25. The molecule has 2 unspecified atom stereocenters. The summed E-state index contributed by atoms with van der Waals surface area (Å²) < 4.78 is 0.443. The maximum atomic E-state index is 10.0. The molecule has 4 rings (SSSR count). The zero-order valence-corrected chi connectivity index (χ0v) is 19.3. The van der Waals surface area contributed by atoms with Gasteiger partial charge in [-0.3, -0.25) is 0 Å². The molecule has 2 atom stereocenters. The van der Waals surface area contributed by atoms with E-state index in [1.807, 2.05) is 42.8 Å². The van der Waals surface area contributed by atoms with Gasteiger partial charge in [0, 0.05) is 5.70 Å². The van der Waals surface area contributed by atoms with Crippen LogP contribution in [-0.2, 0) is 0 Å². The summed E-state index contributed by atoms with van der Waals surface area (Å²) in [6, 6.07) is 5.95. The van der Waals surface area contributed by atoms with Gasteiger partial charge in [0.15, 0.2) is 0 Å². The average molecular weight is 516 g/mol. The van der Waals surface area contributed by atoms with E-state index in [0.717, 1.165) is 40.9 Å². The van der Waals surface area contributed by atoms with Crippen LogP contribution in [0.4, 0.5) is 0 Å². The molecule has 1 aliphatic carbocycles. The molecule has 0 saturated heterocycles. The molecule has 0 aromatic heterocycles. The molecule has 5 nitrogen and oxygen atoms in total. The number of rotatable bonds is 5. The van der Waals surface area contributed by atoms with Crippen molar-refractivity contribution in [1.29, 1.82) is 0 Å². The first kappa shape index (κ1) is 21.0. The van der Waals surface area contributed by atoms with Crippen LogP contribution in [0, 0.1) is 0 Å². The van der Waals surface area contributed by atoms with Gasteiger partial charge in [0.05, 0.1) is 0 Å². The zero-order valence-electron chi connectivity index (χ0n) is 17.1. The SMILES string of the molecule is C[I-]C1C=CNC1c1ccc(C2=C=CC(C3=CC(N)=C(C)CC3)=CN2)cc1C(O)O. The molecule has 1 aromatic carbocycles. The Morgan fingerprint density at radius 3 is 2.77 bits per heavy atom. The van der Waals surface area contributed by atoms with E-state index in [0.29, 0.717) is 9.49 Å². The number of nitrogens with two attached hydrogens (primary N) is 1. The third kappa shape index (κ3) is 4.14. The number of aliphatic hydroxyl groups excluding tert-OH is 1. The summed E-state index contributed by atoms with van der Waals surface area (Å²) in [7, 11) is 0. The Morgan fingerprint density at radius 1 is 1.27 bits per heavy atom. The van der Waals surface area contributed by atoms with Crippen LogP contribution in [0.25, 0.3) is 5.70 Å². The van der Waals surface area contributed by atoms with E-state index in [1.54, 1.807) is 0 Å². The number of hydrogen-bond acceptors (Lipinski definition) is 5. The summed E-state index contributed by atoms with van der Waals surface area (Å²) in [5.74, 6) is 0. The van der Waals surface area contributed by atoms with Crippen molar-refractivity contribution in [2.75, 3.05) is 4.93 Å². The first-order chi connectivity index (χ1) is 14.5. The fraction of sp³-hybridized carbons (Fsp3) is 0.292. The Bertz CT molecular complexity index is 1040. The van der Waals surface area contributed by atoms with Crippen LogP contribution < -0.4 is 37.6 Å². The molecule has 2 aliphatic heterocycles. The van der Waals surface area contributed by atoms with Crippen molar-refractivity contribution in [3.63, 3.8) is 0 Å². The molecule has 30 heavy (non-hydrogen) atoms. The third-order valence-electron chi connectivity index (χ3n) is 5.82. The van der Waals surface area contributed by atoms with E-state index >= 15 is 0 Å². The number of hydrogen-bond donors (Lipinski definition) is 5. The second kappa shape index (κ2) is 8.86. The van der Waals surface area contributed by atoms with Crippen LogP contribution in [0.1, 0.15) is 48.8 Å². The van der Waals surface area contributed by atoms with Gasteiger partial charge in [-0.15, -0.1) is 0 Å². The van der Waals surface area contributed by atoms with Crippen molar-refractivity contribution in [3.05, 3.63) is 93.7 Å². The number of alkyl halides is 2. The van der Waals surface area contributed by atoms with E-state index in [-0.39, 0.29) is 27.2 Å². The van der Waals surface area contributed by atoms with Crippen molar-refractivity contribution < 1.29 is 31.4 Å². The Balaban J connectivity index is 1.62. The van der Waals surface area contributed by atoms with Crippen LogP contribution in [-0.4, -0.2) is 19.1 Å². The predicted octanol–water partition coefficient (Wildman–Crippen LogP) is -0.149. The van der Waals surface area contributed by atoms with Gasteiger partial charge in [-0.25, -0.2) is 0 Å². The summed E-state index contributed by atoms with van der Waals surface area (Å²) >= 11 is -0.00651. The molecule has 0 fully saturated rings. The first-order valence-electron chi connectivity index (χ1n) is 9.98. The van der Waals surface area contributed by atoms with Crippen LogP contribution in [0.2, 0.25) is 0 Å². The molecule has 0 saturated carbocycles. The monoisotopic (exact) mass is 516 g/mol. The van der Waals surface area contributed by atoms with Crippen LogP contribution in [0.15, 0.2) is 77.0 Å². The number of allylic oxidation sites excluding steroid dienone is 5. The second-order valence-corrected chi connectivity index (χ2v) is 10.4. The molecule has 0 spiro atoms. The van der Waals surface area contributed by atoms with Crippen LogP contribution in [0.5, 0.6) is 0 Å². The topological polar surface area (TPSA) is 90.5 Å². The van der Waals surface area contributed by atoms with Gasteiger partial charge >= 0.3 is 158 Å². The zero-order chi connectivity index (χ0) is 21.3. The minimum atomic E-state index is -1.53. The normalized spacial score (nSPS) is 23.3. The van der Waals surface area contributed by atoms with Gasteiger partial charge in [0.25, 0.3) is 0 Å². The fourth-order valence-corrected chi connectivity index (χ4v) is 5.90. The van der Waals surface area contributed by atoms with Crippen molar-refractivity contribution in [2.24, 2.45) is 5.73 Å². The van der Waals surface area contributed by atoms with Gasteiger partial charge < -0.3 is 5.73 Å². The molecule has 3 aliphatic rings. The molecule has 6 heteroatoms. The standard InChI is InChI=1S/C24H27IN3O2/c1-14-3-4-15(12-21(14)26)17-6-8-22(28-13-17)16-5-7-18(19(11-16)24(29)30)23-20(25-2)9-10-27-23/h5-7,9-13,20,23-24,27-30H,3-4,26H2,1-2H3/q-1. The third-order valence-corrected chi connectivity index (χ3v) is 8.39. The van der Waals surface area contributed by atoms with E-state index in [1.165, 1.54) is 11.1 Å². The fourth-order valence-electron chi connectivity index (χ4n) is 3.96. The number of halogens is 1. The second-order valence-electron chi connectivity index (χ2n) is 7.70. The van der Waals surface area contributed by atoms with Gasteiger partial charge in [-0.1, -0.05) is 5.57 Å². The minimum absolute atomic E-state index is 0.00651. The van der Waals surface area contributed by atoms with Crippen molar-refractivity contribution in [2.45, 2.75) is 36.0 Å². The van der Waals surface area contributed by atoms with Crippen LogP contribution in [0.3, 0.4) is 0 Å². The molecule has 158 valence electrons. The number of nitrogens with one attached hydrogen (secondary N) is 2. The van der Waals surface area contributed by atoms with Gasteiger partial charge in [0.1, 0.15) is 0 Å². The Kier molecular flexibility index (Phi) is 6.20. The quantitative estimate of drug-likeness (QED) is 0.163. The Morgan fingerprint density at radius 2 is 2.10 bits per heavy atom.